The van der Waals surface area contributed by atoms with E-state index in [4.69, 9.17) is 9.15 Å². The van der Waals surface area contributed by atoms with E-state index in [1.165, 1.54) is 6.26 Å². The fraction of sp³-hybridized carbons (Fsp3) is 0.462. The molecular weight excluding hydrogens is 237 g/mol. The number of H-pyrrole nitrogens is 1. The van der Waals surface area contributed by atoms with Crippen molar-refractivity contribution in [2.75, 3.05) is 0 Å². The Bertz CT molecular complexity index is 556. The van der Waals surface area contributed by atoms with Crippen LogP contribution in [0.25, 0.3) is 11.1 Å². The average molecular weight is 253 g/mol. The summed E-state index contributed by atoms with van der Waals surface area (Å²) in [5.74, 6) is -1.18. The van der Waals surface area contributed by atoms with Gasteiger partial charge in [-0.05, 0) is 12.3 Å². The molecule has 0 aromatic carbocycles. The van der Waals surface area contributed by atoms with Crippen molar-refractivity contribution < 1.29 is 18.3 Å². The Morgan fingerprint density at radius 1 is 1.56 bits per heavy atom. The molecule has 0 amide bonds. The average Bonchev–Trinajstić information content (AvgIpc) is 2.89. The maximum absolute atomic E-state index is 13.8. The van der Waals surface area contributed by atoms with E-state index in [0.717, 1.165) is 0 Å². The maximum Gasteiger partial charge on any atom is 0.358 e. The predicted octanol–water partition coefficient (Wildman–Crippen LogP) is 3.49. The number of hydrogen-bond acceptors (Lipinski definition) is 3. The Morgan fingerprint density at radius 3 is 2.83 bits per heavy atom. The van der Waals surface area contributed by atoms with Crippen molar-refractivity contribution in [1.82, 2.24) is 4.98 Å². The molecule has 4 nitrogen and oxygen atoms in total. The van der Waals surface area contributed by atoms with Gasteiger partial charge in [-0.25, -0.2) is 9.18 Å². The third-order valence-electron chi connectivity index (χ3n) is 2.95. The molecule has 5 heteroatoms. The number of ether oxygens (including phenoxy) is 1. The zero-order valence-corrected chi connectivity index (χ0v) is 10.6. The van der Waals surface area contributed by atoms with Crippen LogP contribution in [0.3, 0.4) is 0 Å². The largest absolute Gasteiger partial charge is 0.460 e. The number of aromatic amines is 1. The summed E-state index contributed by atoms with van der Waals surface area (Å²) in [6.07, 6.45) is 1.84. The first kappa shape index (κ1) is 12.7. The van der Waals surface area contributed by atoms with Gasteiger partial charge in [-0.1, -0.05) is 20.8 Å². The summed E-state index contributed by atoms with van der Waals surface area (Å²) in [7, 11) is 0. The van der Waals surface area contributed by atoms with Gasteiger partial charge in [-0.3, -0.25) is 0 Å². The molecule has 2 heterocycles. The first-order valence-corrected chi connectivity index (χ1v) is 6.00. The van der Waals surface area contributed by atoms with Gasteiger partial charge in [0.15, 0.2) is 17.1 Å². The highest BCUT2D eigenvalue weighted by atomic mass is 19.1. The van der Waals surface area contributed by atoms with E-state index in [2.05, 4.69) is 4.98 Å². The number of fused-ring (bicyclic) bond motifs is 1. The van der Waals surface area contributed by atoms with Gasteiger partial charge in [0, 0.05) is 6.07 Å². The van der Waals surface area contributed by atoms with Gasteiger partial charge in [-0.2, -0.15) is 0 Å². The van der Waals surface area contributed by atoms with Gasteiger partial charge in [0.2, 0.25) is 0 Å². The molecule has 0 aliphatic heterocycles. The highest BCUT2D eigenvalue weighted by Crippen LogP contribution is 2.23. The molecule has 0 aliphatic carbocycles. The maximum atomic E-state index is 13.8. The van der Waals surface area contributed by atoms with Crippen molar-refractivity contribution in [2.24, 2.45) is 5.92 Å². The van der Waals surface area contributed by atoms with Crippen LogP contribution in [0.2, 0.25) is 0 Å². The Kier molecular flexibility index (Phi) is 3.41. The normalized spacial score (nSPS) is 13.2. The van der Waals surface area contributed by atoms with Gasteiger partial charge in [0.25, 0.3) is 0 Å². The van der Waals surface area contributed by atoms with Crippen molar-refractivity contribution in [3.63, 3.8) is 0 Å². The lowest BCUT2D eigenvalue weighted by atomic mass is 10.1. The van der Waals surface area contributed by atoms with Crippen LogP contribution in [-0.4, -0.2) is 17.1 Å². The van der Waals surface area contributed by atoms with Crippen molar-refractivity contribution >= 4 is 17.1 Å². The van der Waals surface area contributed by atoms with E-state index in [1.807, 2.05) is 20.8 Å². The highest BCUT2D eigenvalue weighted by Gasteiger charge is 2.24. The number of nitrogens with one attached hydrogen (secondary N) is 1. The lowest BCUT2D eigenvalue weighted by Crippen LogP contribution is -2.23. The van der Waals surface area contributed by atoms with E-state index in [1.54, 1.807) is 6.07 Å². The molecule has 0 radical (unpaired) electrons. The Hall–Kier alpha value is -1.78. The summed E-state index contributed by atoms with van der Waals surface area (Å²) in [6.45, 7) is 5.84. The minimum atomic E-state index is -0.696. The van der Waals surface area contributed by atoms with E-state index < -0.39 is 11.8 Å². The minimum Gasteiger partial charge on any atom is -0.460 e. The van der Waals surface area contributed by atoms with Gasteiger partial charge in [0.1, 0.15) is 6.10 Å². The van der Waals surface area contributed by atoms with E-state index >= 15 is 0 Å². The molecule has 1 atom stereocenters. The van der Waals surface area contributed by atoms with Gasteiger partial charge < -0.3 is 14.1 Å². The quantitative estimate of drug-likeness (QED) is 0.848. The molecule has 2 rings (SSSR count). The SMILES string of the molecule is CCC(OC(=O)c1[nH]c2ccoc2c1F)C(C)C. The Balaban J connectivity index is 2.23. The third-order valence-corrected chi connectivity index (χ3v) is 2.95. The summed E-state index contributed by atoms with van der Waals surface area (Å²) in [6, 6.07) is 1.56. The third kappa shape index (κ3) is 2.12. The number of hydrogen-bond donors (Lipinski definition) is 1. The van der Waals surface area contributed by atoms with E-state index in [9.17, 15) is 9.18 Å². The van der Waals surface area contributed by atoms with Crippen molar-refractivity contribution in [2.45, 2.75) is 33.3 Å². The number of esters is 1. The molecule has 0 fully saturated rings. The molecule has 0 bridgehead atoms. The van der Waals surface area contributed by atoms with E-state index in [0.29, 0.717) is 11.9 Å². The molecule has 1 N–H and O–H groups in total. The van der Waals surface area contributed by atoms with Crippen LogP contribution < -0.4 is 0 Å². The Labute approximate surface area is 104 Å². The van der Waals surface area contributed by atoms with Gasteiger partial charge in [0.05, 0.1) is 11.8 Å². The van der Waals surface area contributed by atoms with Crippen LogP contribution in [0.5, 0.6) is 0 Å². The number of carbonyl (C=O) groups is 1. The number of carbonyl (C=O) groups excluding carboxylic acids is 1. The first-order valence-electron chi connectivity index (χ1n) is 6.00. The molecule has 18 heavy (non-hydrogen) atoms. The molecular formula is C13H16FNO3. The predicted molar refractivity (Wildman–Crippen MR) is 64.9 cm³/mol. The lowest BCUT2D eigenvalue weighted by Gasteiger charge is -2.19. The van der Waals surface area contributed by atoms with E-state index in [-0.39, 0.29) is 23.3 Å². The number of halogens is 1. The standard InChI is InChI=1S/C13H16FNO3/c1-4-9(7(2)3)18-13(16)11-10(14)12-8(15-11)5-6-17-12/h5-7,9,15H,4H2,1-3H3. The summed E-state index contributed by atoms with van der Waals surface area (Å²) < 4.78 is 24.1. The fourth-order valence-corrected chi connectivity index (χ4v) is 1.91. The van der Waals surface area contributed by atoms with Crippen LogP contribution in [0.15, 0.2) is 16.7 Å². The topological polar surface area (TPSA) is 55.2 Å². The van der Waals surface area contributed by atoms with Crippen LogP contribution in [-0.2, 0) is 4.74 Å². The molecule has 2 aromatic rings. The highest BCUT2D eigenvalue weighted by molar-refractivity contribution is 5.93. The van der Waals surface area contributed by atoms with Gasteiger partial charge >= 0.3 is 5.97 Å². The lowest BCUT2D eigenvalue weighted by molar-refractivity contribution is 0.0162. The van der Waals surface area contributed by atoms with Crippen LogP contribution in [0, 0.1) is 11.7 Å². The second kappa shape index (κ2) is 4.84. The monoisotopic (exact) mass is 253 g/mol. The van der Waals surface area contributed by atoms with Crippen LogP contribution >= 0.6 is 0 Å². The smallest absolute Gasteiger partial charge is 0.358 e. The summed E-state index contributed by atoms with van der Waals surface area (Å²) in [5, 5.41) is 0. The summed E-state index contributed by atoms with van der Waals surface area (Å²) >= 11 is 0. The zero-order valence-electron chi connectivity index (χ0n) is 10.6. The molecule has 0 spiro atoms. The summed E-state index contributed by atoms with van der Waals surface area (Å²) in [5.41, 5.74) is 0.333. The number of furan rings is 1. The molecule has 0 saturated heterocycles. The second-order valence-corrected chi connectivity index (χ2v) is 4.57. The van der Waals surface area contributed by atoms with Gasteiger partial charge in [-0.15, -0.1) is 0 Å². The first-order chi connectivity index (χ1) is 8.54. The minimum absolute atomic E-state index is 0.0551. The summed E-state index contributed by atoms with van der Waals surface area (Å²) in [4.78, 5) is 14.5. The fourth-order valence-electron chi connectivity index (χ4n) is 1.91. The van der Waals surface area contributed by atoms with Crippen molar-refractivity contribution in [3.8, 4) is 0 Å². The number of rotatable bonds is 4. The van der Waals surface area contributed by atoms with Crippen LogP contribution in [0.4, 0.5) is 4.39 Å². The van der Waals surface area contributed by atoms with Crippen molar-refractivity contribution in [1.29, 1.82) is 0 Å². The second-order valence-electron chi connectivity index (χ2n) is 4.57. The molecule has 98 valence electrons. The zero-order chi connectivity index (χ0) is 13.3. The van der Waals surface area contributed by atoms with Crippen LogP contribution in [0.1, 0.15) is 37.7 Å². The Morgan fingerprint density at radius 2 is 2.28 bits per heavy atom. The molecule has 0 saturated carbocycles. The molecule has 1 unspecified atom stereocenters. The molecule has 2 aromatic heterocycles. The van der Waals surface area contributed by atoms with Crippen molar-refractivity contribution in [3.05, 3.63) is 23.8 Å². The number of aromatic nitrogens is 1. The molecule has 0 aliphatic rings.